The lowest BCUT2D eigenvalue weighted by molar-refractivity contribution is -0.116. The van der Waals surface area contributed by atoms with Crippen LogP contribution in [0.5, 0.6) is 0 Å². The van der Waals surface area contributed by atoms with Gasteiger partial charge in [0.1, 0.15) is 0 Å². The fourth-order valence-electron chi connectivity index (χ4n) is 3.28. The second kappa shape index (κ2) is 7.64. The van der Waals surface area contributed by atoms with Crippen molar-refractivity contribution in [3.8, 4) is 0 Å². The minimum absolute atomic E-state index is 0.198. The summed E-state index contributed by atoms with van der Waals surface area (Å²) in [7, 11) is -3.72. The van der Waals surface area contributed by atoms with Crippen LogP contribution < -0.4 is 10.0 Å². The average molecular weight is 425 g/mol. The van der Waals surface area contributed by atoms with Crippen LogP contribution in [0, 0.1) is 6.92 Å². The van der Waals surface area contributed by atoms with Crippen molar-refractivity contribution < 1.29 is 18.0 Å². The molecule has 0 saturated carbocycles. The Balaban J connectivity index is 1.38. The number of fused-ring (bicyclic) bond motifs is 2. The number of rotatable bonds is 7. The molecule has 4 aromatic rings. The van der Waals surface area contributed by atoms with Crippen molar-refractivity contribution in [1.82, 2.24) is 19.9 Å². The Labute approximate surface area is 172 Å². The summed E-state index contributed by atoms with van der Waals surface area (Å²) in [6.45, 7) is 1.52. The highest BCUT2D eigenvalue weighted by molar-refractivity contribution is 7.92. The molecule has 1 aromatic carbocycles. The van der Waals surface area contributed by atoms with Gasteiger partial charge in [0.05, 0.1) is 22.5 Å². The standard InChI is InChI=1S/C20H19N5O4S/c1-13-18(16-4-2-3-5-17(16)23-13)19(26)20(27)21-9-11-30(28,29)24-14-7-10-25-15(12-14)6-8-22-25/h2-8,10,12,23-24H,9,11H2,1H3,(H,21,27). The van der Waals surface area contributed by atoms with Crippen LogP contribution in [0.4, 0.5) is 5.69 Å². The number of carbonyl (C=O) groups excluding carboxylic acids is 2. The highest BCUT2D eigenvalue weighted by atomic mass is 32.2. The van der Waals surface area contributed by atoms with Crippen molar-refractivity contribution in [3.63, 3.8) is 0 Å². The largest absolute Gasteiger partial charge is 0.358 e. The lowest BCUT2D eigenvalue weighted by Gasteiger charge is -2.09. The van der Waals surface area contributed by atoms with Crippen LogP contribution in [0.2, 0.25) is 0 Å². The smallest absolute Gasteiger partial charge is 0.292 e. The second-order valence-corrected chi connectivity index (χ2v) is 8.63. The van der Waals surface area contributed by atoms with Crippen LogP contribution in [0.15, 0.2) is 54.9 Å². The van der Waals surface area contributed by atoms with Crippen LogP contribution in [0.1, 0.15) is 16.1 Å². The molecule has 0 aliphatic carbocycles. The molecule has 0 spiro atoms. The number of anilines is 1. The van der Waals surface area contributed by atoms with E-state index in [2.05, 4.69) is 20.1 Å². The van der Waals surface area contributed by atoms with Gasteiger partial charge in [-0.3, -0.25) is 14.3 Å². The molecule has 30 heavy (non-hydrogen) atoms. The maximum atomic E-state index is 12.6. The summed E-state index contributed by atoms with van der Waals surface area (Å²) < 4.78 is 28.7. The Morgan fingerprint density at radius 2 is 1.97 bits per heavy atom. The molecule has 4 rings (SSSR count). The molecule has 0 bridgehead atoms. The third kappa shape index (κ3) is 3.90. The van der Waals surface area contributed by atoms with Crippen molar-refractivity contribution in [2.45, 2.75) is 6.92 Å². The zero-order valence-corrected chi connectivity index (χ0v) is 16.9. The van der Waals surface area contributed by atoms with Gasteiger partial charge in [-0.25, -0.2) is 12.9 Å². The highest BCUT2D eigenvalue weighted by Crippen LogP contribution is 2.22. The number of para-hydroxylation sites is 1. The number of carbonyl (C=O) groups is 2. The minimum atomic E-state index is -3.72. The SMILES string of the molecule is Cc1[nH]c2ccccc2c1C(=O)C(=O)NCCS(=O)(=O)Nc1ccn2nccc2c1. The third-order valence-corrected chi connectivity index (χ3v) is 5.94. The molecule has 0 fully saturated rings. The number of H-pyrrole nitrogens is 1. The first kappa shape index (κ1) is 19.6. The van der Waals surface area contributed by atoms with E-state index in [9.17, 15) is 18.0 Å². The van der Waals surface area contributed by atoms with Crippen molar-refractivity contribution in [3.05, 3.63) is 66.1 Å². The van der Waals surface area contributed by atoms with Crippen molar-refractivity contribution >= 4 is 43.8 Å². The molecule has 9 nitrogen and oxygen atoms in total. The van der Waals surface area contributed by atoms with E-state index in [0.717, 1.165) is 11.0 Å². The summed E-state index contributed by atoms with van der Waals surface area (Å²) in [6, 6.07) is 12.2. The fraction of sp³-hybridized carbons (Fsp3) is 0.150. The number of nitrogens with zero attached hydrogens (tertiary/aromatic N) is 2. The molecule has 1 amide bonds. The topological polar surface area (TPSA) is 125 Å². The lowest BCUT2D eigenvalue weighted by atomic mass is 10.1. The number of aromatic nitrogens is 3. The van der Waals surface area contributed by atoms with E-state index in [1.807, 2.05) is 12.1 Å². The van der Waals surface area contributed by atoms with Gasteiger partial charge in [-0.05, 0) is 31.2 Å². The van der Waals surface area contributed by atoms with E-state index < -0.39 is 21.7 Å². The zero-order valence-electron chi connectivity index (χ0n) is 16.0. The number of benzene rings is 1. The van der Waals surface area contributed by atoms with Crippen LogP contribution in [-0.2, 0) is 14.8 Å². The first-order chi connectivity index (χ1) is 14.3. The highest BCUT2D eigenvalue weighted by Gasteiger charge is 2.23. The predicted molar refractivity (Wildman–Crippen MR) is 113 cm³/mol. The summed E-state index contributed by atoms with van der Waals surface area (Å²) in [5.41, 5.74) is 2.76. The number of pyridine rings is 1. The van der Waals surface area contributed by atoms with Crippen LogP contribution in [0.25, 0.3) is 16.4 Å². The van der Waals surface area contributed by atoms with Gasteiger partial charge in [-0.2, -0.15) is 5.10 Å². The van der Waals surface area contributed by atoms with Gasteiger partial charge in [0.2, 0.25) is 10.0 Å². The maximum Gasteiger partial charge on any atom is 0.292 e. The number of sulfonamides is 1. The van der Waals surface area contributed by atoms with Gasteiger partial charge in [0, 0.05) is 35.5 Å². The second-order valence-electron chi connectivity index (χ2n) is 6.79. The van der Waals surface area contributed by atoms with E-state index >= 15 is 0 Å². The minimum Gasteiger partial charge on any atom is -0.358 e. The summed E-state index contributed by atoms with van der Waals surface area (Å²) >= 11 is 0. The van der Waals surface area contributed by atoms with Crippen molar-refractivity contribution in [2.75, 3.05) is 17.0 Å². The first-order valence-electron chi connectivity index (χ1n) is 9.18. The molecule has 0 radical (unpaired) electrons. The van der Waals surface area contributed by atoms with Crippen molar-refractivity contribution in [2.24, 2.45) is 0 Å². The van der Waals surface area contributed by atoms with E-state index in [1.165, 1.54) is 0 Å². The summed E-state index contributed by atoms with van der Waals surface area (Å²) in [4.78, 5) is 27.9. The third-order valence-electron chi connectivity index (χ3n) is 4.66. The monoisotopic (exact) mass is 425 g/mol. The Kier molecular flexibility index (Phi) is 5.00. The van der Waals surface area contributed by atoms with E-state index in [0.29, 0.717) is 16.8 Å². The number of Topliss-reactive ketones (excluding diaryl/α,β-unsaturated/α-hetero) is 1. The van der Waals surface area contributed by atoms with Crippen LogP contribution >= 0.6 is 0 Å². The number of ketones is 1. The normalized spacial score (nSPS) is 11.6. The number of aryl methyl sites for hydroxylation is 1. The maximum absolute atomic E-state index is 12.6. The summed E-state index contributed by atoms with van der Waals surface area (Å²) in [5, 5.41) is 7.09. The Morgan fingerprint density at radius 3 is 2.80 bits per heavy atom. The molecule has 0 saturated heterocycles. The Bertz CT molecular complexity index is 1370. The van der Waals surface area contributed by atoms with Gasteiger partial charge >= 0.3 is 0 Å². The number of hydrogen-bond donors (Lipinski definition) is 3. The number of hydrogen-bond acceptors (Lipinski definition) is 5. The van der Waals surface area contributed by atoms with Gasteiger partial charge in [-0.1, -0.05) is 18.2 Å². The fourth-order valence-corrected chi connectivity index (χ4v) is 4.24. The van der Waals surface area contributed by atoms with Crippen molar-refractivity contribution in [1.29, 1.82) is 0 Å². The molecular weight excluding hydrogens is 406 g/mol. The first-order valence-corrected chi connectivity index (χ1v) is 10.8. The quantitative estimate of drug-likeness (QED) is 0.308. The predicted octanol–water partition coefficient (Wildman–Crippen LogP) is 1.86. The number of amides is 1. The molecule has 0 aliphatic heterocycles. The molecule has 0 atom stereocenters. The van der Waals surface area contributed by atoms with E-state index in [1.54, 1.807) is 54.2 Å². The molecule has 10 heteroatoms. The van der Waals surface area contributed by atoms with E-state index in [4.69, 9.17) is 0 Å². The number of aromatic amines is 1. The number of nitrogens with one attached hydrogen (secondary N) is 3. The summed E-state index contributed by atoms with van der Waals surface area (Å²) in [5.74, 6) is -1.93. The summed E-state index contributed by atoms with van der Waals surface area (Å²) in [6.07, 6.45) is 3.24. The average Bonchev–Trinajstić information content (AvgIpc) is 3.29. The molecule has 154 valence electrons. The van der Waals surface area contributed by atoms with Gasteiger partial charge in [0.25, 0.3) is 11.7 Å². The van der Waals surface area contributed by atoms with Gasteiger partial charge in [0.15, 0.2) is 0 Å². The van der Waals surface area contributed by atoms with Gasteiger partial charge < -0.3 is 10.3 Å². The van der Waals surface area contributed by atoms with Crippen LogP contribution in [0.3, 0.4) is 0 Å². The Morgan fingerprint density at radius 1 is 1.17 bits per heavy atom. The van der Waals surface area contributed by atoms with Gasteiger partial charge in [-0.15, -0.1) is 0 Å². The van der Waals surface area contributed by atoms with E-state index in [-0.39, 0.29) is 17.9 Å². The zero-order chi connectivity index (χ0) is 21.3. The molecule has 0 aliphatic rings. The molecular formula is C20H19N5O4S. The lowest BCUT2D eigenvalue weighted by Crippen LogP contribution is -2.35. The molecule has 3 aromatic heterocycles. The molecule has 3 N–H and O–H groups in total. The molecule has 0 unspecified atom stereocenters. The van der Waals surface area contributed by atoms with Crippen LogP contribution in [-0.4, -0.2) is 47.0 Å². The molecule has 3 heterocycles. The Hall–Kier alpha value is -3.66.